The van der Waals surface area contributed by atoms with Gasteiger partial charge in [0.05, 0.1) is 12.9 Å². The van der Waals surface area contributed by atoms with E-state index in [9.17, 15) is 0 Å². The average molecular weight is 295 g/mol. The molecule has 0 aliphatic carbocycles. The Balaban J connectivity index is 2.07. The molecule has 22 heavy (non-hydrogen) atoms. The topological polar surface area (TPSA) is 46.8 Å². The van der Waals surface area contributed by atoms with E-state index in [1.54, 1.807) is 0 Å². The fraction of sp³-hybridized carbons (Fsp3) is 0.353. The second-order valence-corrected chi connectivity index (χ2v) is 5.74. The van der Waals surface area contributed by atoms with Crippen molar-refractivity contribution in [2.24, 2.45) is 0 Å². The van der Waals surface area contributed by atoms with Crippen LogP contribution in [0.3, 0.4) is 0 Å². The van der Waals surface area contributed by atoms with Gasteiger partial charge in [0.1, 0.15) is 5.82 Å². The molecule has 2 aromatic heterocycles. The lowest BCUT2D eigenvalue weighted by Crippen LogP contribution is -2.13. The highest BCUT2D eigenvalue weighted by Crippen LogP contribution is 2.22. The normalized spacial score (nSPS) is 11.1. The van der Waals surface area contributed by atoms with Gasteiger partial charge >= 0.3 is 0 Å². The fourth-order valence-electron chi connectivity index (χ4n) is 2.45. The van der Waals surface area contributed by atoms with E-state index in [0.29, 0.717) is 0 Å². The van der Waals surface area contributed by atoms with Crippen LogP contribution in [0.25, 0.3) is 11.2 Å². The molecule has 5 nitrogen and oxygen atoms in total. The van der Waals surface area contributed by atoms with Crippen molar-refractivity contribution in [1.82, 2.24) is 19.5 Å². The molecular weight excluding hydrogens is 274 g/mol. The molecule has 0 spiro atoms. The Labute approximate surface area is 130 Å². The van der Waals surface area contributed by atoms with E-state index in [1.807, 2.05) is 25.3 Å². The van der Waals surface area contributed by atoms with Gasteiger partial charge < -0.3 is 9.47 Å². The van der Waals surface area contributed by atoms with Gasteiger partial charge in [-0.1, -0.05) is 36.8 Å². The first-order chi connectivity index (χ1) is 10.6. The number of benzene rings is 1. The van der Waals surface area contributed by atoms with Crippen molar-refractivity contribution < 1.29 is 0 Å². The number of rotatable bonds is 4. The largest absolute Gasteiger partial charge is 0.361 e. The lowest BCUT2D eigenvalue weighted by molar-refractivity contribution is 0.805. The van der Waals surface area contributed by atoms with E-state index in [-0.39, 0.29) is 0 Å². The quantitative estimate of drug-likeness (QED) is 0.742. The second-order valence-electron chi connectivity index (χ2n) is 5.74. The molecule has 0 saturated heterocycles. The van der Waals surface area contributed by atoms with Gasteiger partial charge in [-0.2, -0.15) is 0 Å². The first-order valence-corrected chi connectivity index (χ1v) is 7.53. The highest BCUT2D eigenvalue weighted by Gasteiger charge is 2.14. The van der Waals surface area contributed by atoms with E-state index in [0.717, 1.165) is 35.8 Å². The molecule has 0 fully saturated rings. The maximum atomic E-state index is 4.67. The number of imidazole rings is 1. The standard InChI is InChI=1S/C17H21N5/c1-5-14-19-16(21(3)4)15-17(20-14)22(11-18-15)10-13-8-6-12(2)7-9-13/h6-9,11H,5,10H2,1-4H3. The molecule has 0 radical (unpaired) electrons. The molecule has 5 heteroatoms. The number of hydrogen-bond acceptors (Lipinski definition) is 4. The van der Waals surface area contributed by atoms with Crippen molar-refractivity contribution in [2.75, 3.05) is 19.0 Å². The summed E-state index contributed by atoms with van der Waals surface area (Å²) in [5, 5.41) is 0. The molecule has 0 amide bonds. The summed E-state index contributed by atoms with van der Waals surface area (Å²) in [6.07, 6.45) is 2.66. The molecule has 1 aromatic carbocycles. The minimum Gasteiger partial charge on any atom is -0.361 e. The van der Waals surface area contributed by atoms with Gasteiger partial charge in [-0.3, -0.25) is 0 Å². The second kappa shape index (κ2) is 5.75. The van der Waals surface area contributed by atoms with Crippen LogP contribution >= 0.6 is 0 Å². The third-order valence-electron chi connectivity index (χ3n) is 3.71. The summed E-state index contributed by atoms with van der Waals surface area (Å²) in [5.41, 5.74) is 4.27. The molecular formula is C17H21N5. The van der Waals surface area contributed by atoms with Crippen molar-refractivity contribution in [3.8, 4) is 0 Å². The van der Waals surface area contributed by atoms with Crippen LogP contribution in [0.4, 0.5) is 5.82 Å². The molecule has 0 aliphatic heterocycles. The zero-order valence-corrected chi connectivity index (χ0v) is 13.5. The number of aromatic nitrogens is 4. The summed E-state index contributed by atoms with van der Waals surface area (Å²) in [5.74, 6) is 1.73. The van der Waals surface area contributed by atoms with Gasteiger partial charge in [0, 0.05) is 20.5 Å². The number of fused-ring (bicyclic) bond motifs is 1. The van der Waals surface area contributed by atoms with Crippen LogP contribution in [0.2, 0.25) is 0 Å². The van der Waals surface area contributed by atoms with Gasteiger partial charge in [-0.15, -0.1) is 0 Å². The van der Waals surface area contributed by atoms with Gasteiger partial charge in [-0.25, -0.2) is 15.0 Å². The van der Waals surface area contributed by atoms with Crippen LogP contribution in [-0.4, -0.2) is 33.6 Å². The first kappa shape index (κ1) is 14.5. The summed E-state index contributed by atoms with van der Waals surface area (Å²) in [6.45, 7) is 4.94. The number of hydrogen-bond donors (Lipinski definition) is 0. The summed E-state index contributed by atoms with van der Waals surface area (Å²) < 4.78 is 2.09. The molecule has 2 heterocycles. The van der Waals surface area contributed by atoms with Crippen LogP contribution in [0.15, 0.2) is 30.6 Å². The molecule has 0 aliphatic rings. The van der Waals surface area contributed by atoms with Crippen molar-refractivity contribution in [2.45, 2.75) is 26.8 Å². The monoisotopic (exact) mass is 295 g/mol. The third kappa shape index (κ3) is 2.66. The average Bonchev–Trinajstić information content (AvgIpc) is 2.91. The zero-order valence-electron chi connectivity index (χ0n) is 13.5. The van der Waals surface area contributed by atoms with Gasteiger partial charge in [0.15, 0.2) is 17.0 Å². The Morgan fingerprint density at radius 3 is 2.45 bits per heavy atom. The maximum absolute atomic E-state index is 4.67. The number of aryl methyl sites for hydroxylation is 2. The van der Waals surface area contributed by atoms with E-state index >= 15 is 0 Å². The maximum Gasteiger partial charge on any atom is 0.166 e. The lowest BCUT2D eigenvalue weighted by Gasteiger charge is -2.13. The number of anilines is 1. The van der Waals surface area contributed by atoms with E-state index in [2.05, 4.69) is 57.6 Å². The molecule has 0 unspecified atom stereocenters. The Bertz CT molecular complexity index is 787. The van der Waals surface area contributed by atoms with Crippen LogP contribution in [-0.2, 0) is 13.0 Å². The van der Waals surface area contributed by atoms with Crippen LogP contribution in [0.1, 0.15) is 23.9 Å². The van der Waals surface area contributed by atoms with Gasteiger partial charge in [0.2, 0.25) is 0 Å². The lowest BCUT2D eigenvalue weighted by atomic mass is 10.1. The minimum atomic E-state index is 0.768. The van der Waals surface area contributed by atoms with E-state index in [1.165, 1.54) is 11.1 Å². The van der Waals surface area contributed by atoms with Crippen LogP contribution in [0, 0.1) is 6.92 Å². The van der Waals surface area contributed by atoms with E-state index < -0.39 is 0 Å². The van der Waals surface area contributed by atoms with Crippen molar-refractivity contribution >= 4 is 17.0 Å². The van der Waals surface area contributed by atoms with Crippen molar-refractivity contribution in [3.05, 3.63) is 47.5 Å². The van der Waals surface area contributed by atoms with Gasteiger partial charge in [-0.05, 0) is 12.5 Å². The molecule has 3 rings (SSSR count). The zero-order chi connectivity index (χ0) is 15.7. The highest BCUT2D eigenvalue weighted by atomic mass is 15.2. The van der Waals surface area contributed by atoms with Crippen molar-refractivity contribution in [1.29, 1.82) is 0 Å². The van der Waals surface area contributed by atoms with Gasteiger partial charge in [0.25, 0.3) is 0 Å². The summed E-state index contributed by atoms with van der Waals surface area (Å²) in [6, 6.07) is 8.56. The Morgan fingerprint density at radius 2 is 1.82 bits per heavy atom. The summed E-state index contributed by atoms with van der Waals surface area (Å²) in [4.78, 5) is 15.8. The smallest absolute Gasteiger partial charge is 0.166 e. The van der Waals surface area contributed by atoms with Crippen LogP contribution < -0.4 is 4.90 Å². The summed E-state index contributed by atoms with van der Waals surface area (Å²) >= 11 is 0. The fourth-order valence-corrected chi connectivity index (χ4v) is 2.45. The molecule has 0 N–H and O–H groups in total. The molecule has 0 saturated carbocycles. The molecule has 0 bridgehead atoms. The Morgan fingerprint density at radius 1 is 1.09 bits per heavy atom. The highest BCUT2D eigenvalue weighted by molar-refractivity contribution is 5.83. The predicted octanol–water partition coefficient (Wildman–Crippen LogP) is 2.81. The first-order valence-electron chi connectivity index (χ1n) is 7.53. The summed E-state index contributed by atoms with van der Waals surface area (Å²) in [7, 11) is 3.97. The van der Waals surface area contributed by atoms with Crippen LogP contribution in [0.5, 0.6) is 0 Å². The Kier molecular flexibility index (Phi) is 3.79. The SMILES string of the molecule is CCc1nc(N(C)C)c2ncn(Cc3ccc(C)cc3)c2n1. The van der Waals surface area contributed by atoms with Crippen molar-refractivity contribution in [3.63, 3.8) is 0 Å². The molecule has 0 atom stereocenters. The molecule has 3 aromatic rings. The van der Waals surface area contributed by atoms with E-state index in [4.69, 9.17) is 0 Å². The predicted molar refractivity (Wildman–Crippen MR) is 89.3 cm³/mol. The third-order valence-corrected chi connectivity index (χ3v) is 3.71. The minimum absolute atomic E-state index is 0.768. The number of nitrogens with zero attached hydrogens (tertiary/aromatic N) is 5. The molecule has 114 valence electrons. The Hall–Kier alpha value is -2.43.